The average molecular weight is 300 g/mol. The number of benzene rings is 2. The topological polar surface area (TPSA) is 27.7 Å². The normalized spacial score (nSPS) is 12.1. The molecule has 1 atom stereocenters. The molecule has 0 fully saturated rings. The van der Waals surface area contributed by atoms with Gasteiger partial charge < -0.3 is 14.2 Å². The van der Waals surface area contributed by atoms with E-state index in [0.29, 0.717) is 19.8 Å². The van der Waals surface area contributed by atoms with Crippen LogP contribution < -0.4 is 4.74 Å². The van der Waals surface area contributed by atoms with Gasteiger partial charge in [0.15, 0.2) is 0 Å². The van der Waals surface area contributed by atoms with E-state index in [9.17, 15) is 0 Å². The SMILES string of the molecule is CCOC(COCc1ccccc1)Cc1ccc(OC)cc1. The summed E-state index contributed by atoms with van der Waals surface area (Å²) in [6.07, 6.45) is 0.911. The third-order valence-electron chi connectivity index (χ3n) is 3.44. The smallest absolute Gasteiger partial charge is 0.118 e. The Labute approximate surface area is 132 Å². The van der Waals surface area contributed by atoms with Crippen molar-refractivity contribution in [1.82, 2.24) is 0 Å². The van der Waals surface area contributed by atoms with Crippen LogP contribution >= 0.6 is 0 Å². The molecule has 22 heavy (non-hydrogen) atoms. The van der Waals surface area contributed by atoms with Gasteiger partial charge in [0.2, 0.25) is 0 Å². The quantitative estimate of drug-likeness (QED) is 0.704. The number of hydrogen-bond acceptors (Lipinski definition) is 3. The zero-order chi connectivity index (χ0) is 15.6. The Morgan fingerprint density at radius 2 is 1.64 bits per heavy atom. The molecule has 0 aliphatic heterocycles. The zero-order valence-corrected chi connectivity index (χ0v) is 13.3. The molecule has 3 heteroatoms. The molecular formula is C19H24O3. The van der Waals surface area contributed by atoms with E-state index in [1.165, 1.54) is 11.1 Å². The fourth-order valence-corrected chi connectivity index (χ4v) is 2.31. The first-order valence-electron chi connectivity index (χ1n) is 7.68. The van der Waals surface area contributed by atoms with Gasteiger partial charge in [-0.15, -0.1) is 0 Å². The van der Waals surface area contributed by atoms with Crippen molar-refractivity contribution < 1.29 is 14.2 Å². The van der Waals surface area contributed by atoms with E-state index >= 15 is 0 Å². The maximum atomic E-state index is 5.80. The first-order valence-corrected chi connectivity index (χ1v) is 7.68. The molecule has 0 spiro atoms. The third-order valence-corrected chi connectivity index (χ3v) is 3.44. The van der Waals surface area contributed by atoms with Crippen molar-refractivity contribution in [3.8, 4) is 5.75 Å². The lowest BCUT2D eigenvalue weighted by Gasteiger charge is -2.17. The molecule has 0 aliphatic rings. The Balaban J connectivity index is 1.83. The molecule has 118 valence electrons. The predicted octanol–water partition coefficient (Wildman–Crippen LogP) is 3.86. The molecule has 1 unspecified atom stereocenters. The van der Waals surface area contributed by atoms with Gasteiger partial charge in [0.25, 0.3) is 0 Å². The second-order valence-electron chi connectivity index (χ2n) is 5.13. The van der Waals surface area contributed by atoms with Crippen LogP contribution in [0.1, 0.15) is 18.1 Å². The number of ether oxygens (including phenoxy) is 3. The van der Waals surface area contributed by atoms with Gasteiger partial charge in [-0.1, -0.05) is 42.5 Å². The molecule has 0 saturated heterocycles. The fourth-order valence-electron chi connectivity index (χ4n) is 2.31. The highest BCUT2D eigenvalue weighted by molar-refractivity contribution is 5.27. The molecule has 0 aromatic heterocycles. The summed E-state index contributed by atoms with van der Waals surface area (Å²) in [6.45, 7) is 3.91. The van der Waals surface area contributed by atoms with Crippen LogP contribution in [0, 0.1) is 0 Å². The molecule has 2 rings (SSSR count). The van der Waals surface area contributed by atoms with E-state index in [0.717, 1.165) is 12.2 Å². The van der Waals surface area contributed by atoms with Gasteiger partial charge in [0.05, 0.1) is 26.4 Å². The maximum Gasteiger partial charge on any atom is 0.118 e. The highest BCUT2D eigenvalue weighted by atomic mass is 16.5. The van der Waals surface area contributed by atoms with Crippen LogP contribution in [0.3, 0.4) is 0 Å². The van der Waals surface area contributed by atoms with Crippen molar-refractivity contribution in [3.05, 3.63) is 65.7 Å². The molecule has 2 aromatic carbocycles. The summed E-state index contributed by atoms with van der Waals surface area (Å²) in [5, 5.41) is 0. The summed E-state index contributed by atoms with van der Waals surface area (Å²) >= 11 is 0. The molecule has 2 aromatic rings. The fraction of sp³-hybridized carbons (Fsp3) is 0.368. The second-order valence-corrected chi connectivity index (χ2v) is 5.13. The molecule has 3 nitrogen and oxygen atoms in total. The lowest BCUT2D eigenvalue weighted by atomic mass is 10.1. The van der Waals surface area contributed by atoms with Crippen molar-refractivity contribution in [2.75, 3.05) is 20.3 Å². The Hall–Kier alpha value is -1.84. The highest BCUT2D eigenvalue weighted by Crippen LogP contribution is 2.14. The number of rotatable bonds is 9. The predicted molar refractivity (Wildman–Crippen MR) is 88.2 cm³/mol. The van der Waals surface area contributed by atoms with E-state index in [1.807, 2.05) is 37.3 Å². The molecule has 0 bridgehead atoms. The molecule has 0 amide bonds. The zero-order valence-electron chi connectivity index (χ0n) is 13.3. The Morgan fingerprint density at radius 3 is 2.27 bits per heavy atom. The Morgan fingerprint density at radius 1 is 0.909 bits per heavy atom. The first-order chi connectivity index (χ1) is 10.8. The van der Waals surface area contributed by atoms with E-state index in [1.54, 1.807) is 7.11 Å². The molecule has 0 saturated carbocycles. The summed E-state index contributed by atoms with van der Waals surface area (Å²) in [6, 6.07) is 18.3. The largest absolute Gasteiger partial charge is 0.497 e. The van der Waals surface area contributed by atoms with Crippen molar-refractivity contribution in [2.24, 2.45) is 0 Å². The minimum Gasteiger partial charge on any atom is -0.497 e. The van der Waals surface area contributed by atoms with E-state index in [4.69, 9.17) is 14.2 Å². The van der Waals surface area contributed by atoms with Crippen LogP contribution in [0.25, 0.3) is 0 Å². The second kappa shape index (κ2) is 9.23. The molecule has 0 heterocycles. The lowest BCUT2D eigenvalue weighted by Crippen LogP contribution is -2.22. The summed E-state index contributed by atoms with van der Waals surface area (Å²) in [4.78, 5) is 0. The van der Waals surface area contributed by atoms with Crippen LogP contribution in [0.5, 0.6) is 5.75 Å². The third kappa shape index (κ3) is 5.51. The van der Waals surface area contributed by atoms with Crippen LogP contribution in [0.2, 0.25) is 0 Å². The van der Waals surface area contributed by atoms with Gasteiger partial charge in [0.1, 0.15) is 5.75 Å². The van der Waals surface area contributed by atoms with Gasteiger partial charge in [0, 0.05) is 13.0 Å². The van der Waals surface area contributed by atoms with Crippen LogP contribution in [-0.4, -0.2) is 26.4 Å². The molecule has 0 radical (unpaired) electrons. The van der Waals surface area contributed by atoms with Gasteiger partial charge in [-0.3, -0.25) is 0 Å². The van der Waals surface area contributed by atoms with Crippen molar-refractivity contribution in [2.45, 2.75) is 26.1 Å². The summed E-state index contributed by atoms with van der Waals surface area (Å²) in [5.41, 5.74) is 2.41. The summed E-state index contributed by atoms with van der Waals surface area (Å²) in [7, 11) is 1.68. The Kier molecular flexibility index (Phi) is 6.94. The monoisotopic (exact) mass is 300 g/mol. The maximum absolute atomic E-state index is 5.80. The average Bonchev–Trinajstić information content (AvgIpc) is 2.57. The van der Waals surface area contributed by atoms with Crippen molar-refractivity contribution in [1.29, 1.82) is 0 Å². The molecule has 0 aliphatic carbocycles. The standard InChI is InChI=1S/C19H24O3/c1-3-22-19(13-16-9-11-18(20-2)12-10-16)15-21-14-17-7-5-4-6-8-17/h4-12,19H,3,13-15H2,1-2H3. The first kappa shape index (κ1) is 16.5. The van der Waals surface area contributed by atoms with Crippen molar-refractivity contribution >= 4 is 0 Å². The van der Waals surface area contributed by atoms with Crippen LogP contribution in [0.15, 0.2) is 54.6 Å². The lowest BCUT2D eigenvalue weighted by molar-refractivity contribution is -0.0164. The Bertz CT molecular complexity index is 522. The van der Waals surface area contributed by atoms with E-state index in [2.05, 4.69) is 24.3 Å². The van der Waals surface area contributed by atoms with Crippen molar-refractivity contribution in [3.63, 3.8) is 0 Å². The van der Waals surface area contributed by atoms with E-state index < -0.39 is 0 Å². The molecular weight excluding hydrogens is 276 g/mol. The number of methoxy groups -OCH3 is 1. The highest BCUT2D eigenvalue weighted by Gasteiger charge is 2.10. The molecule has 0 N–H and O–H groups in total. The van der Waals surface area contributed by atoms with Gasteiger partial charge in [-0.05, 0) is 30.2 Å². The number of hydrogen-bond donors (Lipinski definition) is 0. The summed E-state index contributed by atoms with van der Waals surface area (Å²) < 4.78 is 16.8. The minimum absolute atomic E-state index is 0.0714. The van der Waals surface area contributed by atoms with Gasteiger partial charge in [-0.25, -0.2) is 0 Å². The minimum atomic E-state index is 0.0714. The summed E-state index contributed by atoms with van der Waals surface area (Å²) in [5.74, 6) is 0.872. The van der Waals surface area contributed by atoms with E-state index in [-0.39, 0.29) is 6.10 Å². The van der Waals surface area contributed by atoms with Crippen LogP contribution in [0.4, 0.5) is 0 Å². The van der Waals surface area contributed by atoms with Crippen LogP contribution in [-0.2, 0) is 22.5 Å². The van der Waals surface area contributed by atoms with Gasteiger partial charge >= 0.3 is 0 Å². The van der Waals surface area contributed by atoms with Gasteiger partial charge in [-0.2, -0.15) is 0 Å².